The molecule has 1 aromatic heterocycles. The zero-order chi connectivity index (χ0) is 12.9. The highest BCUT2D eigenvalue weighted by Crippen LogP contribution is 2.10. The highest BCUT2D eigenvalue weighted by Gasteiger charge is 2.13. The summed E-state index contributed by atoms with van der Waals surface area (Å²) in [6.07, 6.45) is 4.25. The minimum Gasteiger partial charge on any atom is -0.339 e. The Labute approximate surface area is 125 Å². The number of likely N-dealkylation sites (tertiary alicyclic amines) is 1. The van der Waals surface area contributed by atoms with E-state index in [4.69, 9.17) is 4.52 Å². The predicted octanol–water partition coefficient (Wildman–Crippen LogP) is 2.72. The molecule has 20 heavy (non-hydrogen) atoms. The van der Waals surface area contributed by atoms with Crippen LogP contribution in [0.5, 0.6) is 0 Å². The molecule has 0 radical (unpaired) electrons. The highest BCUT2D eigenvalue weighted by molar-refractivity contribution is 5.85. The summed E-state index contributed by atoms with van der Waals surface area (Å²) in [7, 11) is 0. The molecule has 0 aliphatic carbocycles. The van der Waals surface area contributed by atoms with Gasteiger partial charge in [-0.3, -0.25) is 0 Å². The van der Waals surface area contributed by atoms with E-state index in [1.54, 1.807) is 0 Å². The first kappa shape index (κ1) is 15.0. The minimum absolute atomic E-state index is 0. The Bertz CT molecular complexity index is 509. The highest BCUT2D eigenvalue weighted by atomic mass is 35.5. The molecular formula is C15H20ClN3O. The van der Waals surface area contributed by atoms with E-state index < -0.39 is 0 Å². The number of hydrogen-bond donors (Lipinski definition) is 0. The number of halogens is 1. The first-order chi connectivity index (χ1) is 9.40. The number of hydrogen-bond acceptors (Lipinski definition) is 4. The summed E-state index contributed by atoms with van der Waals surface area (Å²) in [4.78, 5) is 6.92. The van der Waals surface area contributed by atoms with Crippen LogP contribution in [0.2, 0.25) is 0 Å². The fraction of sp³-hybridized carbons (Fsp3) is 0.467. The third-order valence-corrected chi connectivity index (χ3v) is 3.56. The molecule has 1 aliphatic heterocycles. The van der Waals surface area contributed by atoms with Crippen LogP contribution < -0.4 is 0 Å². The molecule has 5 heteroatoms. The van der Waals surface area contributed by atoms with E-state index >= 15 is 0 Å². The molecule has 4 nitrogen and oxygen atoms in total. The van der Waals surface area contributed by atoms with E-state index in [2.05, 4.69) is 27.2 Å². The normalized spacial score (nSPS) is 15.2. The average molecular weight is 294 g/mol. The van der Waals surface area contributed by atoms with Crippen molar-refractivity contribution in [2.45, 2.75) is 25.7 Å². The van der Waals surface area contributed by atoms with E-state index in [1.807, 2.05) is 18.2 Å². The van der Waals surface area contributed by atoms with Crippen molar-refractivity contribution in [3.05, 3.63) is 47.6 Å². The van der Waals surface area contributed by atoms with Crippen molar-refractivity contribution < 1.29 is 4.52 Å². The molecule has 0 spiro atoms. The van der Waals surface area contributed by atoms with Crippen LogP contribution in [0.4, 0.5) is 0 Å². The zero-order valence-corrected chi connectivity index (χ0v) is 12.3. The van der Waals surface area contributed by atoms with Crippen molar-refractivity contribution in [1.82, 2.24) is 15.0 Å². The summed E-state index contributed by atoms with van der Waals surface area (Å²) in [5.41, 5.74) is 1.22. The van der Waals surface area contributed by atoms with Gasteiger partial charge < -0.3 is 9.42 Å². The lowest BCUT2D eigenvalue weighted by Gasteiger charge is -2.11. The number of benzene rings is 1. The summed E-state index contributed by atoms with van der Waals surface area (Å²) >= 11 is 0. The van der Waals surface area contributed by atoms with Gasteiger partial charge in [-0.2, -0.15) is 4.98 Å². The van der Waals surface area contributed by atoms with E-state index in [-0.39, 0.29) is 12.4 Å². The van der Waals surface area contributed by atoms with Gasteiger partial charge in [0.25, 0.3) is 0 Å². The molecule has 108 valence electrons. The Balaban J connectivity index is 0.00000147. The maximum atomic E-state index is 5.31. The van der Waals surface area contributed by atoms with Crippen molar-refractivity contribution in [1.29, 1.82) is 0 Å². The Morgan fingerprint density at radius 2 is 1.85 bits per heavy atom. The smallest absolute Gasteiger partial charge is 0.227 e. The molecule has 0 bridgehead atoms. The van der Waals surface area contributed by atoms with Gasteiger partial charge in [0.1, 0.15) is 0 Å². The van der Waals surface area contributed by atoms with Gasteiger partial charge in [0, 0.05) is 19.4 Å². The second-order valence-electron chi connectivity index (χ2n) is 5.07. The molecular weight excluding hydrogens is 274 g/mol. The number of nitrogens with zero attached hydrogens (tertiary/aromatic N) is 3. The topological polar surface area (TPSA) is 42.2 Å². The molecule has 1 aromatic carbocycles. The minimum atomic E-state index is 0. The molecule has 2 heterocycles. The molecule has 0 unspecified atom stereocenters. The standard InChI is InChI=1S/C15H19N3O.ClH/c1-2-6-13(7-3-1)12-14-16-15(19-17-14)8-11-18-9-4-5-10-18;/h1-3,6-7H,4-5,8-12H2;1H. The molecule has 3 rings (SSSR count). The van der Waals surface area contributed by atoms with Crippen LogP contribution in [-0.4, -0.2) is 34.7 Å². The second kappa shape index (κ2) is 7.41. The monoisotopic (exact) mass is 293 g/mol. The van der Waals surface area contributed by atoms with Gasteiger partial charge in [-0.25, -0.2) is 0 Å². The molecule has 0 atom stereocenters. The van der Waals surface area contributed by atoms with E-state index in [9.17, 15) is 0 Å². The molecule has 1 saturated heterocycles. The quantitative estimate of drug-likeness (QED) is 0.850. The van der Waals surface area contributed by atoms with E-state index in [0.717, 1.165) is 31.1 Å². The fourth-order valence-electron chi connectivity index (χ4n) is 2.50. The van der Waals surface area contributed by atoms with E-state index in [1.165, 1.54) is 31.5 Å². The van der Waals surface area contributed by atoms with Crippen LogP contribution in [0.3, 0.4) is 0 Å². The van der Waals surface area contributed by atoms with Crippen LogP contribution in [-0.2, 0) is 12.8 Å². The molecule has 1 fully saturated rings. The van der Waals surface area contributed by atoms with Crippen LogP contribution >= 0.6 is 12.4 Å². The fourth-order valence-corrected chi connectivity index (χ4v) is 2.50. The van der Waals surface area contributed by atoms with Gasteiger partial charge in [-0.1, -0.05) is 35.5 Å². The van der Waals surface area contributed by atoms with Crippen molar-refractivity contribution >= 4 is 12.4 Å². The van der Waals surface area contributed by atoms with Gasteiger partial charge in [0.15, 0.2) is 5.82 Å². The molecule has 0 saturated carbocycles. The van der Waals surface area contributed by atoms with Crippen LogP contribution in [0.25, 0.3) is 0 Å². The second-order valence-corrected chi connectivity index (χ2v) is 5.07. The van der Waals surface area contributed by atoms with Crippen molar-refractivity contribution in [2.24, 2.45) is 0 Å². The van der Waals surface area contributed by atoms with Crippen molar-refractivity contribution in [3.63, 3.8) is 0 Å². The number of rotatable bonds is 5. The van der Waals surface area contributed by atoms with Gasteiger partial charge >= 0.3 is 0 Å². The molecule has 0 N–H and O–H groups in total. The van der Waals surface area contributed by atoms with Gasteiger partial charge in [-0.05, 0) is 31.5 Å². The Hall–Kier alpha value is -1.39. The van der Waals surface area contributed by atoms with Crippen LogP contribution in [0, 0.1) is 0 Å². The maximum absolute atomic E-state index is 5.31. The Morgan fingerprint density at radius 1 is 1.10 bits per heavy atom. The summed E-state index contributed by atoms with van der Waals surface area (Å²) in [6.45, 7) is 3.46. The third-order valence-electron chi connectivity index (χ3n) is 3.56. The SMILES string of the molecule is Cl.c1ccc(Cc2noc(CCN3CCCC3)n2)cc1. The summed E-state index contributed by atoms with van der Waals surface area (Å²) in [6, 6.07) is 10.2. The van der Waals surface area contributed by atoms with Crippen molar-refractivity contribution in [3.8, 4) is 0 Å². The third kappa shape index (κ3) is 4.05. The summed E-state index contributed by atoms with van der Waals surface area (Å²) in [5, 5.41) is 4.05. The number of aromatic nitrogens is 2. The van der Waals surface area contributed by atoms with Gasteiger partial charge in [-0.15, -0.1) is 12.4 Å². The first-order valence-corrected chi connectivity index (χ1v) is 6.98. The average Bonchev–Trinajstić information content (AvgIpc) is 3.09. The first-order valence-electron chi connectivity index (χ1n) is 6.98. The largest absolute Gasteiger partial charge is 0.339 e. The van der Waals surface area contributed by atoms with E-state index in [0.29, 0.717) is 0 Å². The molecule has 0 amide bonds. The van der Waals surface area contributed by atoms with Crippen molar-refractivity contribution in [2.75, 3.05) is 19.6 Å². The van der Waals surface area contributed by atoms with Crippen LogP contribution in [0.1, 0.15) is 30.1 Å². The lowest BCUT2D eigenvalue weighted by Crippen LogP contribution is -2.22. The molecule has 1 aliphatic rings. The Morgan fingerprint density at radius 3 is 2.60 bits per heavy atom. The summed E-state index contributed by atoms with van der Waals surface area (Å²) < 4.78 is 5.31. The summed E-state index contributed by atoms with van der Waals surface area (Å²) in [5.74, 6) is 1.54. The lowest BCUT2D eigenvalue weighted by molar-refractivity contribution is 0.311. The lowest BCUT2D eigenvalue weighted by atomic mass is 10.1. The zero-order valence-electron chi connectivity index (χ0n) is 11.5. The molecule has 2 aromatic rings. The Kier molecular flexibility index (Phi) is 5.56. The predicted molar refractivity (Wildman–Crippen MR) is 80.2 cm³/mol. The van der Waals surface area contributed by atoms with Gasteiger partial charge in [0.05, 0.1) is 0 Å². The van der Waals surface area contributed by atoms with Gasteiger partial charge in [0.2, 0.25) is 5.89 Å². The maximum Gasteiger partial charge on any atom is 0.227 e. The van der Waals surface area contributed by atoms with Crippen LogP contribution in [0.15, 0.2) is 34.9 Å².